The average molecular weight is 298 g/mol. The van der Waals surface area contributed by atoms with Gasteiger partial charge in [-0.2, -0.15) is 0 Å². The van der Waals surface area contributed by atoms with Crippen LogP contribution in [0.25, 0.3) is 0 Å². The third-order valence-electron chi connectivity index (χ3n) is 3.20. The van der Waals surface area contributed by atoms with Crippen LogP contribution in [0.1, 0.15) is 23.7 Å². The van der Waals surface area contributed by atoms with Gasteiger partial charge >= 0.3 is 0 Å². The second-order valence-corrected chi connectivity index (χ2v) is 6.49. The number of nitrogens with one attached hydrogen (secondary N) is 1. The molecule has 1 aromatic rings. The van der Waals surface area contributed by atoms with Gasteiger partial charge in [-0.15, -0.1) is 0 Å². The number of nitrogens with zero attached hydrogens (tertiary/aromatic N) is 1. The molecule has 1 heterocycles. The van der Waals surface area contributed by atoms with Gasteiger partial charge in [-0.1, -0.05) is 6.92 Å². The van der Waals surface area contributed by atoms with Crippen molar-refractivity contribution >= 4 is 15.9 Å². The molecule has 7 heteroatoms. The zero-order valence-electron chi connectivity index (χ0n) is 11.2. The van der Waals surface area contributed by atoms with Crippen LogP contribution in [-0.2, 0) is 10.0 Å². The van der Waals surface area contributed by atoms with Gasteiger partial charge in [0.05, 0.1) is 11.0 Å². The number of amides is 1. The Morgan fingerprint density at radius 2 is 2.05 bits per heavy atom. The normalized spacial score (nSPS) is 19.3. The summed E-state index contributed by atoms with van der Waals surface area (Å²) in [6.45, 7) is 2.87. The lowest BCUT2D eigenvalue weighted by Crippen LogP contribution is -2.29. The van der Waals surface area contributed by atoms with E-state index in [4.69, 9.17) is 0 Å². The van der Waals surface area contributed by atoms with Gasteiger partial charge in [-0.05, 0) is 30.7 Å². The molecule has 1 saturated heterocycles. The third-order valence-corrected chi connectivity index (χ3v) is 4.76. The minimum atomic E-state index is -3.50. The lowest BCUT2D eigenvalue weighted by Gasteiger charge is -2.15. The molecule has 0 radical (unpaired) electrons. The molecule has 1 amide bonds. The first-order chi connectivity index (χ1) is 9.44. The van der Waals surface area contributed by atoms with E-state index in [0.29, 0.717) is 31.6 Å². The maximum atomic E-state index is 12.1. The van der Waals surface area contributed by atoms with Crippen LogP contribution in [-0.4, -0.2) is 50.1 Å². The molecule has 2 rings (SSSR count). The van der Waals surface area contributed by atoms with Gasteiger partial charge in [0.25, 0.3) is 5.91 Å². The number of rotatable bonds is 4. The zero-order valence-corrected chi connectivity index (χ0v) is 12.1. The number of aliphatic hydroxyl groups excluding tert-OH is 1. The van der Waals surface area contributed by atoms with E-state index in [1.54, 1.807) is 11.8 Å². The van der Waals surface area contributed by atoms with E-state index in [2.05, 4.69) is 4.72 Å². The summed E-state index contributed by atoms with van der Waals surface area (Å²) in [6.07, 6.45) is 0.117. The molecule has 0 saturated carbocycles. The van der Waals surface area contributed by atoms with Crippen LogP contribution >= 0.6 is 0 Å². The first kappa shape index (κ1) is 15.0. The molecule has 1 atom stereocenters. The van der Waals surface area contributed by atoms with Crippen molar-refractivity contribution in [2.24, 2.45) is 0 Å². The van der Waals surface area contributed by atoms with Crippen molar-refractivity contribution in [3.63, 3.8) is 0 Å². The summed E-state index contributed by atoms with van der Waals surface area (Å²) in [5, 5.41) is 9.42. The quantitative estimate of drug-likeness (QED) is 0.831. The Kier molecular flexibility index (Phi) is 4.42. The van der Waals surface area contributed by atoms with Gasteiger partial charge < -0.3 is 10.0 Å². The second-order valence-electron chi connectivity index (χ2n) is 4.72. The van der Waals surface area contributed by atoms with Gasteiger partial charge in [0, 0.05) is 25.2 Å². The summed E-state index contributed by atoms with van der Waals surface area (Å²) in [6, 6.07) is 5.82. The van der Waals surface area contributed by atoms with Crippen molar-refractivity contribution in [2.75, 3.05) is 19.6 Å². The molecule has 0 unspecified atom stereocenters. The fraction of sp³-hybridized carbons (Fsp3) is 0.462. The molecule has 1 aliphatic rings. The highest BCUT2D eigenvalue weighted by Crippen LogP contribution is 2.15. The van der Waals surface area contributed by atoms with Crippen LogP contribution in [0, 0.1) is 0 Å². The number of β-amino-alcohol motifs (C(OH)–C–C–N with tert-alkyl or cyclic N) is 1. The van der Waals surface area contributed by atoms with Gasteiger partial charge in [0.1, 0.15) is 0 Å². The maximum absolute atomic E-state index is 12.1. The van der Waals surface area contributed by atoms with E-state index >= 15 is 0 Å². The average Bonchev–Trinajstić information content (AvgIpc) is 2.85. The van der Waals surface area contributed by atoms with Crippen LogP contribution in [0.2, 0.25) is 0 Å². The highest BCUT2D eigenvalue weighted by atomic mass is 32.2. The Balaban J connectivity index is 2.14. The Morgan fingerprint density at radius 3 is 2.55 bits per heavy atom. The molecular formula is C13H18N2O4S. The van der Waals surface area contributed by atoms with Crippen LogP contribution < -0.4 is 4.72 Å². The van der Waals surface area contributed by atoms with Gasteiger partial charge in [0.15, 0.2) is 0 Å². The van der Waals surface area contributed by atoms with Crippen molar-refractivity contribution in [2.45, 2.75) is 24.3 Å². The first-order valence-electron chi connectivity index (χ1n) is 6.51. The number of sulfonamides is 1. The fourth-order valence-electron chi connectivity index (χ4n) is 2.16. The predicted molar refractivity (Wildman–Crippen MR) is 73.8 cm³/mol. The van der Waals surface area contributed by atoms with Crippen molar-refractivity contribution < 1.29 is 18.3 Å². The molecule has 0 bridgehead atoms. The number of aliphatic hydroxyl groups is 1. The smallest absolute Gasteiger partial charge is 0.253 e. The van der Waals surface area contributed by atoms with Crippen LogP contribution in [0.4, 0.5) is 0 Å². The number of carbonyl (C=O) groups excluding carboxylic acids is 1. The number of hydrogen-bond acceptors (Lipinski definition) is 4. The Labute approximate surface area is 118 Å². The summed E-state index contributed by atoms with van der Waals surface area (Å²) in [5.74, 6) is -0.186. The zero-order chi connectivity index (χ0) is 14.8. The van der Waals surface area contributed by atoms with E-state index < -0.39 is 16.1 Å². The summed E-state index contributed by atoms with van der Waals surface area (Å²) in [7, 11) is -3.50. The lowest BCUT2D eigenvalue weighted by molar-refractivity contribution is 0.0765. The summed E-state index contributed by atoms with van der Waals surface area (Å²) >= 11 is 0. The number of likely N-dealkylation sites (tertiary alicyclic amines) is 1. The van der Waals surface area contributed by atoms with Gasteiger partial charge in [-0.25, -0.2) is 13.1 Å². The number of carbonyl (C=O) groups is 1. The minimum Gasteiger partial charge on any atom is -0.391 e. The standard InChI is InChI=1S/C13H18N2O4S/c1-2-14-20(18,19)12-5-3-10(4-6-12)13(17)15-8-7-11(16)9-15/h3-6,11,14,16H,2,7-9H2,1H3/t11-/m0/s1. The molecule has 110 valence electrons. The number of hydrogen-bond donors (Lipinski definition) is 2. The monoisotopic (exact) mass is 298 g/mol. The highest BCUT2D eigenvalue weighted by molar-refractivity contribution is 7.89. The molecule has 1 aromatic carbocycles. The minimum absolute atomic E-state index is 0.136. The van der Waals surface area contributed by atoms with E-state index in [0.717, 1.165) is 0 Å². The first-order valence-corrected chi connectivity index (χ1v) is 7.99. The molecule has 2 N–H and O–H groups in total. The topological polar surface area (TPSA) is 86.7 Å². The Morgan fingerprint density at radius 1 is 1.40 bits per heavy atom. The Bertz CT molecular complexity index is 583. The van der Waals surface area contributed by atoms with E-state index in [1.165, 1.54) is 24.3 Å². The van der Waals surface area contributed by atoms with E-state index in [9.17, 15) is 18.3 Å². The lowest BCUT2D eigenvalue weighted by atomic mass is 10.2. The molecule has 1 fully saturated rings. The summed E-state index contributed by atoms with van der Waals surface area (Å²) in [5.41, 5.74) is 0.426. The molecule has 0 spiro atoms. The van der Waals surface area contributed by atoms with E-state index in [1.807, 2.05) is 0 Å². The number of benzene rings is 1. The second kappa shape index (κ2) is 5.90. The maximum Gasteiger partial charge on any atom is 0.253 e. The fourth-order valence-corrected chi connectivity index (χ4v) is 3.20. The van der Waals surface area contributed by atoms with Gasteiger partial charge in [0.2, 0.25) is 10.0 Å². The van der Waals surface area contributed by atoms with Crippen LogP contribution in [0.5, 0.6) is 0 Å². The molecule has 1 aliphatic heterocycles. The third kappa shape index (κ3) is 3.17. The van der Waals surface area contributed by atoms with E-state index in [-0.39, 0.29) is 10.8 Å². The molecule has 0 aliphatic carbocycles. The molecular weight excluding hydrogens is 280 g/mol. The molecule has 6 nitrogen and oxygen atoms in total. The Hall–Kier alpha value is -1.44. The SMILES string of the molecule is CCNS(=O)(=O)c1ccc(C(=O)N2CC[C@H](O)C2)cc1. The molecule has 0 aromatic heterocycles. The van der Waals surface area contributed by atoms with Crippen molar-refractivity contribution in [3.8, 4) is 0 Å². The largest absolute Gasteiger partial charge is 0.391 e. The van der Waals surface area contributed by atoms with Crippen molar-refractivity contribution in [1.29, 1.82) is 0 Å². The summed E-state index contributed by atoms with van der Waals surface area (Å²) in [4.78, 5) is 13.8. The van der Waals surface area contributed by atoms with Crippen LogP contribution in [0.15, 0.2) is 29.2 Å². The highest BCUT2D eigenvalue weighted by Gasteiger charge is 2.25. The van der Waals surface area contributed by atoms with Crippen molar-refractivity contribution in [3.05, 3.63) is 29.8 Å². The van der Waals surface area contributed by atoms with Gasteiger partial charge in [-0.3, -0.25) is 4.79 Å². The predicted octanol–water partition coefficient (Wildman–Crippen LogP) is 0.192. The molecule has 20 heavy (non-hydrogen) atoms. The van der Waals surface area contributed by atoms with Crippen molar-refractivity contribution in [1.82, 2.24) is 9.62 Å². The summed E-state index contributed by atoms with van der Waals surface area (Å²) < 4.78 is 25.9. The van der Waals surface area contributed by atoms with Crippen LogP contribution in [0.3, 0.4) is 0 Å².